The Labute approximate surface area is 101 Å². The quantitative estimate of drug-likeness (QED) is 0.712. The third-order valence-corrected chi connectivity index (χ3v) is 3.56. The van der Waals surface area contributed by atoms with Crippen LogP contribution in [0.2, 0.25) is 0 Å². The average molecular weight is 228 g/mol. The lowest BCUT2D eigenvalue weighted by atomic mass is 9.94. The molecule has 3 nitrogen and oxygen atoms in total. The van der Waals surface area contributed by atoms with Crippen molar-refractivity contribution in [3.05, 3.63) is 0 Å². The van der Waals surface area contributed by atoms with Crippen molar-refractivity contribution in [2.45, 2.75) is 32.8 Å². The molecule has 96 valence electrons. The van der Waals surface area contributed by atoms with Crippen molar-refractivity contribution in [3.63, 3.8) is 0 Å². The minimum absolute atomic E-state index is 0.0198. The molecule has 3 heteroatoms. The minimum Gasteiger partial charge on any atom is -0.379 e. The zero-order chi connectivity index (χ0) is 12.2. The van der Waals surface area contributed by atoms with Gasteiger partial charge in [0.2, 0.25) is 0 Å². The first-order valence-electron chi connectivity index (χ1n) is 6.39. The van der Waals surface area contributed by atoms with E-state index in [9.17, 15) is 0 Å². The van der Waals surface area contributed by atoms with Gasteiger partial charge in [-0.1, -0.05) is 6.92 Å². The second-order valence-corrected chi connectivity index (χ2v) is 5.88. The molecule has 16 heavy (non-hydrogen) atoms. The van der Waals surface area contributed by atoms with Gasteiger partial charge in [0.05, 0.1) is 5.60 Å². The van der Waals surface area contributed by atoms with Crippen LogP contribution in [-0.4, -0.2) is 62.3 Å². The first-order valence-corrected chi connectivity index (χ1v) is 6.39. The van der Waals surface area contributed by atoms with E-state index in [-0.39, 0.29) is 5.60 Å². The summed E-state index contributed by atoms with van der Waals surface area (Å²) in [6.07, 6.45) is 1.13. The van der Waals surface area contributed by atoms with Crippen LogP contribution in [0.3, 0.4) is 0 Å². The SMILES string of the molecule is COC(C)(C)C[C@H](C)CN1CCN(C)CC1. The molecule has 0 radical (unpaired) electrons. The largest absolute Gasteiger partial charge is 0.379 e. The van der Waals surface area contributed by atoms with E-state index in [1.54, 1.807) is 0 Å². The summed E-state index contributed by atoms with van der Waals surface area (Å²) in [5.74, 6) is 0.707. The fourth-order valence-corrected chi connectivity index (χ4v) is 2.46. The van der Waals surface area contributed by atoms with Crippen molar-refractivity contribution in [1.29, 1.82) is 0 Å². The van der Waals surface area contributed by atoms with Crippen molar-refractivity contribution in [3.8, 4) is 0 Å². The molecule has 0 bridgehead atoms. The van der Waals surface area contributed by atoms with Crippen LogP contribution in [0, 0.1) is 5.92 Å². The Morgan fingerprint density at radius 3 is 2.25 bits per heavy atom. The number of hydrogen-bond donors (Lipinski definition) is 0. The molecule has 0 aromatic heterocycles. The van der Waals surface area contributed by atoms with E-state index in [2.05, 4.69) is 37.6 Å². The third-order valence-electron chi connectivity index (χ3n) is 3.56. The molecular weight excluding hydrogens is 200 g/mol. The number of likely N-dealkylation sites (N-methyl/N-ethyl adjacent to an activating group) is 1. The molecule has 0 aliphatic carbocycles. The Bertz CT molecular complexity index is 198. The second kappa shape index (κ2) is 5.99. The monoisotopic (exact) mass is 228 g/mol. The summed E-state index contributed by atoms with van der Waals surface area (Å²) in [6, 6.07) is 0. The van der Waals surface area contributed by atoms with Gasteiger partial charge in [-0.3, -0.25) is 0 Å². The Morgan fingerprint density at radius 2 is 1.75 bits per heavy atom. The number of methoxy groups -OCH3 is 1. The zero-order valence-electron chi connectivity index (χ0n) is 11.6. The van der Waals surface area contributed by atoms with Gasteiger partial charge in [0, 0.05) is 39.8 Å². The maximum atomic E-state index is 5.49. The summed E-state index contributed by atoms with van der Waals surface area (Å²) < 4.78 is 5.49. The normalized spacial score (nSPS) is 22.3. The van der Waals surface area contributed by atoms with Crippen LogP contribution in [0.25, 0.3) is 0 Å². The van der Waals surface area contributed by atoms with Crippen LogP contribution in [-0.2, 0) is 4.74 Å². The maximum absolute atomic E-state index is 5.49. The van der Waals surface area contributed by atoms with Gasteiger partial charge in [0.15, 0.2) is 0 Å². The molecule has 1 aliphatic heterocycles. The molecule has 0 aromatic rings. The summed E-state index contributed by atoms with van der Waals surface area (Å²) in [5.41, 5.74) is 0.0198. The van der Waals surface area contributed by atoms with E-state index in [4.69, 9.17) is 4.74 Å². The molecule has 1 fully saturated rings. The first-order chi connectivity index (χ1) is 7.43. The molecule has 1 heterocycles. The fourth-order valence-electron chi connectivity index (χ4n) is 2.46. The van der Waals surface area contributed by atoms with Gasteiger partial charge in [-0.15, -0.1) is 0 Å². The van der Waals surface area contributed by atoms with Crippen LogP contribution in [0.1, 0.15) is 27.2 Å². The Morgan fingerprint density at radius 1 is 1.19 bits per heavy atom. The molecule has 0 aromatic carbocycles. The van der Waals surface area contributed by atoms with E-state index in [1.165, 1.54) is 32.7 Å². The highest BCUT2D eigenvalue weighted by molar-refractivity contribution is 4.76. The van der Waals surface area contributed by atoms with Gasteiger partial charge in [0.1, 0.15) is 0 Å². The van der Waals surface area contributed by atoms with Gasteiger partial charge >= 0.3 is 0 Å². The minimum atomic E-state index is 0.0198. The summed E-state index contributed by atoms with van der Waals surface area (Å²) in [6.45, 7) is 12.7. The summed E-state index contributed by atoms with van der Waals surface area (Å²) in [4.78, 5) is 4.98. The van der Waals surface area contributed by atoms with E-state index >= 15 is 0 Å². The number of piperazine rings is 1. The molecule has 0 saturated carbocycles. The van der Waals surface area contributed by atoms with Crippen molar-refractivity contribution >= 4 is 0 Å². The van der Waals surface area contributed by atoms with Crippen LogP contribution in [0.5, 0.6) is 0 Å². The maximum Gasteiger partial charge on any atom is 0.0625 e. The van der Waals surface area contributed by atoms with Crippen molar-refractivity contribution in [1.82, 2.24) is 9.80 Å². The van der Waals surface area contributed by atoms with Crippen LogP contribution in [0.4, 0.5) is 0 Å². The Balaban J connectivity index is 2.26. The smallest absolute Gasteiger partial charge is 0.0625 e. The van der Waals surface area contributed by atoms with E-state index in [0.29, 0.717) is 5.92 Å². The van der Waals surface area contributed by atoms with Crippen LogP contribution in [0.15, 0.2) is 0 Å². The highest BCUT2D eigenvalue weighted by Crippen LogP contribution is 2.20. The number of hydrogen-bond acceptors (Lipinski definition) is 3. The molecule has 0 amide bonds. The molecule has 1 rings (SSSR count). The lowest BCUT2D eigenvalue weighted by molar-refractivity contribution is -0.00166. The Hall–Kier alpha value is -0.120. The lowest BCUT2D eigenvalue weighted by Crippen LogP contribution is -2.46. The Kier molecular flexibility index (Phi) is 5.22. The molecule has 0 unspecified atom stereocenters. The van der Waals surface area contributed by atoms with Crippen molar-refractivity contribution in [2.75, 3.05) is 46.9 Å². The van der Waals surface area contributed by atoms with Crippen LogP contribution >= 0.6 is 0 Å². The fraction of sp³-hybridized carbons (Fsp3) is 1.00. The standard InChI is InChI=1S/C13H28N2O/c1-12(10-13(2,3)16-5)11-15-8-6-14(4)7-9-15/h12H,6-11H2,1-5H3/t12-/m0/s1. The zero-order valence-corrected chi connectivity index (χ0v) is 11.6. The molecule has 1 atom stereocenters. The number of ether oxygens (including phenoxy) is 1. The summed E-state index contributed by atoms with van der Waals surface area (Å²) >= 11 is 0. The average Bonchev–Trinajstić information content (AvgIpc) is 2.21. The molecule has 0 spiro atoms. The van der Waals surface area contributed by atoms with Gasteiger partial charge in [-0.25, -0.2) is 0 Å². The van der Waals surface area contributed by atoms with E-state index < -0.39 is 0 Å². The summed E-state index contributed by atoms with van der Waals surface area (Å²) in [5, 5.41) is 0. The molecule has 0 N–H and O–H groups in total. The van der Waals surface area contributed by atoms with Crippen molar-refractivity contribution < 1.29 is 4.74 Å². The van der Waals surface area contributed by atoms with Gasteiger partial charge in [-0.2, -0.15) is 0 Å². The number of nitrogens with zero attached hydrogens (tertiary/aromatic N) is 2. The molecule has 1 aliphatic rings. The topological polar surface area (TPSA) is 15.7 Å². The summed E-state index contributed by atoms with van der Waals surface area (Å²) in [7, 11) is 4.01. The van der Waals surface area contributed by atoms with E-state index in [1.807, 2.05) is 7.11 Å². The van der Waals surface area contributed by atoms with E-state index in [0.717, 1.165) is 6.42 Å². The van der Waals surface area contributed by atoms with Gasteiger partial charge < -0.3 is 14.5 Å². The predicted octanol–water partition coefficient (Wildman–Crippen LogP) is 1.69. The second-order valence-electron chi connectivity index (χ2n) is 5.88. The highest BCUT2D eigenvalue weighted by atomic mass is 16.5. The van der Waals surface area contributed by atoms with Gasteiger partial charge in [0.25, 0.3) is 0 Å². The first kappa shape index (κ1) is 13.9. The predicted molar refractivity (Wildman–Crippen MR) is 68.8 cm³/mol. The van der Waals surface area contributed by atoms with Crippen molar-refractivity contribution in [2.24, 2.45) is 5.92 Å². The third kappa shape index (κ3) is 4.81. The molecule has 1 saturated heterocycles. The number of rotatable bonds is 5. The highest BCUT2D eigenvalue weighted by Gasteiger charge is 2.22. The van der Waals surface area contributed by atoms with Gasteiger partial charge in [-0.05, 0) is 33.2 Å². The lowest BCUT2D eigenvalue weighted by Gasteiger charge is -2.35. The van der Waals surface area contributed by atoms with Crippen LogP contribution < -0.4 is 0 Å². The molecular formula is C13H28N2O.